The highest BCUT2D eigenvalue weighted by Crippen LogP contribution is 2.18. The van der Waals surface area contributed by atoms with Crippen LogP contribution in [0.3, 0.4) is 0 Å². The number of para-hydroxylation sites is 1. The van der Waals surface area contributed by atoms with Crippen molar-refractivity contribution in [1.29, 1.82) is 0 Å². The summed E-state index contributed by atoms with van der Waals surface area (Å²) in [5, 5.41) is 9.21. The van der Waals surface area contributed by atoms with Gasteiger partial charge in [-0.3, -0.25) is 19.2 Å². The normalized spacial score (nSPS) is 17.6. The summed E-state index contributed by atoms with van der Waals surface area (Å²) >= 11 is 0. The van der Waals surface area contributed by atoms with Gasteiger partial charge in [0, 0.05) is 30.5 Å². The van der Waals surface area contributed by atoms with Crippen molar-refractivity contribution in [1.82, 2.24) is 20.9 Å². The lowest BCUT2D eigenvalue weighted by molar-refractivity contribution is -0.132. The van der Waals surface area contributed by atoms with Gasteiger partial charge in [0.1, 0.15) is 18.3 Å². The summed E-state index contributed by atoms with van der Waals surface area (Å²) in [5.41, 5.74) is 1.18. The minimum atomic E-state index is -0.869. The predicted octanol–water partition coefficient (Wildman–Crippen LogP) is 1.54. The molecule has 1 aromatic carbocycles. The number of hydrogen-bond donors (Lipinski definition) is 4. The van der Waals surface area contributed by atoms with E-state index in [2.05, 4.69) is 20.9 Å². The number of H-pyrrole nitrogens is 1. The van der Waals surface area contributed by atoms with Gasteiger partial charge in [-0.25, -0.2) is 0 Å². The second-order valence-electron chi connectivity index (χ2n) is 8.90. The molecule has 0 saturated carbocycles. The summed E-state index contributed by atoms with van der Waals surface area (Å²) in [5.74, 6) is -1.51. The number of methoxy groups -OCH3 is 1. The molecule has 33 heavy (non-hydrogen) atoms. The van der Waals surface area contributed by atoms with Gasteiger partial charge in [0.25, 0.3) is 5.91 Å². The Morgan fingerprint density at radius 2 is 1.91 bits per heavy atom. The van der Waals surface area contributed by atoms with Crippen molar-refractivity contribution < 1.29 is 23.9 Å². The van der Waals surface area contributed by atoms with Crippen LogP contribution in [-0.4, -0.2) is 60.8 Å². The third kappa shape index (κ3) is 6.41. The SMILES string of the molecule is COCC(=O)C(CC1CCNC1=O)NC(=O)C(CC(C)C)NC(=O)c1cc2ccccc2[nH]1. The number of benzene rings is 1. The van der Waals surface area contributed by atoms with Crippen molar-refractivity contribution in [3.63, 3.8) is 0 Å². The molecule has 1 aromatic heterocycles. The zero-order valence-corrected chi connectivity index (χ0v) is 19.3. The summed E-state index contributed by atoms with van der Waals surface area (Å²) in [6.45, 7) is 4.28. The van der Waals surface area contributed by atoms with E-state index in [0.29, 0.717) is 25.1 Å². The van der Waals surface area contributed by atoms with Gasteiger partial charge in [-0.1, -0.05) is 32.0 Å². The van der Waals surface area contributed by atoms with E-state index in [-0.39, 0.29) is 36.6 Å². The quantitative estimate of drug-likeness (QED) is 0.408. The van der Waals surface area contributed by atoms with E-state index in [9.17, 15) is 19.2 Å². The lowest BCUT2D eigenvalue weighted by atomic mass is 9.95. The zero-order chi connectivity index (χ0) is 24.0. The maximum atomic E-state index is 13.2. The van der Waals surface area contributed by atoms with Gasteiger partial charge >= 0.3 is 0 Å². The fraction of sp³-hybridized carbons (Fsp3) is 0.500. The Morgan fingerprint density at radius 3 is 2.55 bits per heavy atom. The van der Waals surface area contributed by atoms with Crippen molar-refractivity contribution in [3.05, 3.63) is 36.0 Å². The third-order valence-electron chi connectivity index (χ3n) is 5.78. The number of rotatable bonds is 11. The summed E-state index contributed by atoms with van der Waals surface area (Å²) in [4.78, 5) is 53.7. The Bertz CT molecular complexity index is 982. The monoisotopic (exact) mass is 456 g/mol. The fourth-order valence-electron chi connectivity index (χ4n) is 4.08. The number of ketones is 1. The first kappa shape index (κ1) is 24.4. The Morgan fingerprint density at radius 1 is 1.15 bits per heavy atom. The minimum Gasteiger partial charge on any atom is -0.377 e. The molecule has 0 radical (unpaired) electrons. The topological polar surface area (TPSA) is 129 Å². The van der Waals surface area contributed by atoms with Crippen LogP contribution in [0.1, 0.15) is 43.6 Å². The first-order valence-corrected chi connectivity index (χ1v) is 11.3. The Kier molecular flexibility index (Phi) is 8.21. The van der Waals surface area contributed by atoms with Crippen molar-refractivity contribution in [2.75, 3.05) is 20.3 Å². The lowest BCUT2D eigenvalue weighted by Gasteiger charge is -2.25. The molecule has 0 aliphatic carbocycles. The molecule has 4 N–H and O–H groups in total. The summed E-state index contributed by atoms with van der Waals surface area (Å²) in [7, 11) is 1.40. The van der Waals surface area contributed by atoms with E-state index in [0.717, 1.165) is 10.9 Å². The van der Waals surface area contributed by atoms with Gasteiger partial charge < -0.3 is 25.7 Å². The lowest BCUT2D eigenvalue weighted by Crippen LogP contribution is -2.53. The average Bonchev–Trinajstić information content (AvgIpc) is 3.38. The van der Waals surface area contributed by atoms with Crippen LogP contribution < -0.4 is 16.0 Å². The predicted molar refractivity (Wildman–Crippen MR) is 124 cm³/mol. The van der Waals surface area contributed by atoms with E-state index < -0.39 is 23.9 Å². The Balaban J connectivity index is 1.73. The van der Waals surface area contributed by atoms with Crippen LogP contribution in [0.25, 0.3) is 10.9 Å². The first-order valence-electron chi connectivity index (χ1n) is 11.3. The average molecular weight is 457 g/mol. The van der Waals surface area contributed by atoms with Crippen LogP contribution in [0.4, 0.5) is 0 Å². The molecule has 1 fully saturated rings. The van der Waals surface area contributed by atoms with Gasteiger partial charge in [0.2, 0.25) is 11.8 Å². The summed E-state index contributed by atoms with van der Waals surface area (Å²) < 4.78 is 4.96. The maximum Gasteiger partial charge on any atom is 0.268 e. The van der Waals surface area contributed by atoms with Crippen molar-refractivity contribution in [3.8, 4) is 0 Å². The van der Waals surface area contributed by atoms with E-state index in [1.54, 1.807) is 6.07 Å². The van der Waals surface area contributed by atoms with Crippen molar-refractivity contribution in [2.45, 2.75) is 45.2 Å². The number of aromatic nitrogens is 1. The first-order chi connectivity index (χ1) is 15.8. The summed E-state index contributed by atoms with van der Waals surface area (Å²) in [6, 6.07) is 7.55. The molecule has 0 spiro atoms. The van der Waals surface area contributed by atoms with Gasteiger partial charge in [-0.05, 0) is 37.3 Å². The van der Waals surface area contributed by atoms with Crippen LogP contribution in [0.5, 0.6) is 0 Å². The number of hydrogen-bond acceptors (Lipinski definition) is 5. The molecule has 3 amide bonds. The molecule has 2 aromatic rings. The van der Waals surface area contributed by atoms with Crippen LogP contribution in [0.2, 0.25) is 0 Å². The number of aromatic amines is 1. The van der Waals surface area contributed by atoms with Crippen LogP contribution in [-0.2, 0) is 19.1 Å². The number of Topliss-reactive ketones (excluding diaryl/α,β-unsaturated/α-hetero) is 1. The molecule has 1 aliphatic rings. The second-order valence-corrected chi connectivity index (χ2v) is 8.90. The standard InChI is InChI=1S/C24H32N4O5/c1-14(2)10-19(28-24(32)20-11-15-6-4-5-7-17(15)26-20)23(31)27-18(21(29)13-33-3)12-16-8-9-25-22(16)30/h4-7,11,14,16,18-19,26H,8-10,12-13H2,1-3H3,(H,25,30)(H,27,31)(H,28,32). The van der Waals surface area contributed by atoms with E-state index in [4.69, 9.17) is 4.74 Å². The summed E-state index contributed by atoms with van der Waals surface area (Å²) in [6.07, 6.45) is 1.20. The smallest absolute Gasteiger partial charge is 0.268 e. The number of nitrogens with one attached hydrogen (secondary N) is 4. The fourth-order valence-corrected chi connectivity index (χ4v) is 4.08. The molecule has 3 unspecified atom stereocenters. The van der Waals surface area contributed by atoms with Crippen molar-refractivity contribution >= 4 is 34.4 Å². The molecule has 178 valence electrons. The largest absolute Gasteiger partial charge is 0.377 e. The molecule has 0 bridgehead atoms. The highest BCUT2D eigenvalue weighted by atomic mass is 16.5. The molecular formula is C24H32N4O5. The molecular weight excluding hydrogens is 424 g/mol. The Hall–Kier alpha value is -3.20. The highest BCUT2D eigenvalue weighted by molar-refractivity contribution is 6.00. The maximum absolute atomic E-state index is 13.2. The van der Waals surface area contributed by atoms with Gasteiger partial charge in [0.15, 0.2) is 5.78 Å². The molecule has 2 heterocycles. The molecule has 1 aliphatic heterocycles. The van der Waals surface area contributed by atoms with E-state index in [1.165, 1.54) is 7.11 Å². The van der Waals surface area contributed by atoms with E-state index in [1.807, 2.05) is 38.1 Å². The van der Waals surface area contributed by atoms with E-state index >= 15 is 0 Å². The zero-order valence-electron chi connectivity index (χ0n) is 19.3. The molecule has 9 heteroatoms. The Labute approximate surface area is 193 Å². The number of amides is 3. The van der Waals surface area contributed by atoms with Gasteiger partial charge in [-0.15, -0.1) is 0 Å². The number of ether oxygens (including phenoxy) is 1. The van der Waals surface area contributed by atoms with Gasteiger partial charge in [0.05, 0.1) is 6.04 Å². The van der Waals surface area contributed by atoms with Crippen molar-refractivity contribution in [2.24, 2.45) is 11.8 Å². The molecule has 3 rings (SSSR count). The number of fused-ring (bicyclic) bond motifs is 1. The third-order valence-corrected chi connectivity index (χ3v) is 5.78. The van der Waals surface area contributed by atoms with Crippen LogP contribution in [0, 0.1) is 11.8 Å². The minimum absolute atomic E-state index is 0.120. The molecule has 3 atom stereocenters. The number of carbonyl (C=O) groups is 4. The second kappa shape index (κ2) is 11.1. The van der Waals surface area contributed by atoms with Gasteiger partial charge in [-0.2, -0.15) is 0 Å². The van der Waals surface area contributed by atoms with Crippen LogP contribution >= 0.6 is 0 Å². The number of carbonyl (C=O) groups excluding carboxylic acids is 4. The molecule has 1 saturated heterocycles. The molecule has 9 nitrogen and oxygen atoms in total. The highest BCUT2D eigenvalue weighted by Gasteiger charge is 2.33. The van der Waals surface area contributed by atoms with Crippen LogP contribution in [0.15, 0.2) is 30.3 Å².